The van der Waals surface area contributed by atoms with Crippen LogP contribution in [-0.4, -0.2) is 12.1 Å². The molecule has 0 radical (unpaired) electrons. The average Bonchev–Trinajstić information content (AvgIpc) is 3.30. The van der Waals surface area contributed by atoms with E-state index in [1.807, 2.05) is 85.1 Å². The molecule has 200 valence electrons. The molecule has 4 aromatic rings. The highest BCUT2D eigenvalue weighted by molar-refractivity contribution is 7.16. The van der Waals surface area contributed by atoms with E-state index in [0.717, 1.165) is 52.4 Å². The number of hydrogen-bond donors (Lipinski definition) is 1. The zero-order valence-corrected chi connectivity index (χ0v) is 24.1. The van der Waals surface area contributed by atoms with Crippen molar-refractivity contribution in [3.63, 3.8) is 0 Å². The van der Waals surface area contributed by atoms with E-state index in [0.29, 0.717) is 23.1 Å². The first-order valence-corrected chi connectivity index (χ1v) is 14.5. The van der Waals surface area contributed by atoms with Gasteiger partial charge in [0.15, 0.2) is 0 Å². The predicted molar refractivity (Wildman–Crippen MR) is 163 cm³/mol. The van der Waals surface area contributed by atoms with Crippen LogP contribution < -0.4 is 10.1 Å². The lowest BCUT2D eigenvalue weighted by Gasteiger charge is -2.33. The monoisotopic (exact) mass is 556 g/mol. The fourth-order valence-corrected chi connectivity index (χ4v) is 6.33. The number of aliphatic imine (C=N–C) groups is 1. The van der Waals surface area contributed by atoms with Gasteiger partial charge < -0.3 is 10.1 Å². The molecule has 1 aliphatic rings. The Bertz CT molecular complexity index is 1470. The molecule has 1 aromatic heterocycles. The lowest BCUT2D eigenvalue weighted by atomic mass is 9.72. The molecule has 0 aliphatic heterocycles. The molecule has 39 heavy (non-hydrogen) atoms. The molecule has 0 saturated carbocycles. The Kier molecular flexibility index (Phi) is 8.20. The summed E-state index contributed by atoms with van der Waals surface area (Å²) in [5.41, 5.74) is 4.74. The molecule has 0 unspecified atom stereocenters. The maximum Gasteiger partial charge on any atom is 0.259 e. The second-order valence-electron chi connectivity index (χ2n) is 11.0. The number of nitrogens with zero attached hydrogens (tertiary/aromatic N) is 1. The maximum absolute atomic E-state index is 13.6. The van der Waals surface area contributed by atoms with Crippen molar-refractivity contribution in [2.24, 2.45) is 16.3 Å². The third kappa shape index (κ3) is 6.60. The number of fused-ring (bicyclic) bond motifs is 1. The summed E-state index contributed by atoms with van der Waals surface area (Å²) < 4.78 is 6.13. The molecule has 1 aliphatic carbocycles. The van der Waals surface area contributed by atoms with Gasteiger partial charge in [0, 0.05) is 27.4 Å². The fourth-order valence-electron chi connectivity index (χ4n) is 4.94. The van der Waals surface area contributed by atoms with Crippen LogP contribution in [0.2, 0.25) is 5.02 Å². The van der Waals surface area contributed by atoms with Crippen molar-refractivity contribution in [3.05, 3.63) is 111 Å². The van der Waals surface area contributed by atoms with Crippen LogP contribution in [0.15, 0.2) is 83.9 Å². The topological polar surface area (TPSA) is 50.7 Å². The fraction of sp³-hybridized carbons (Fsp3) is 0.273. The van der Waals surface area contributed by atoms with E-state index in [1.54, 1.807) is 11.3 Å². The van der Waals surface area contributed by atoms with Gasteiger partial charge in [0.1, 0.15) is 17.4 Å². The highest BCUT2D eigenvalue weighted by Crippen LogP contribution is 2.45. The smallest absolute Gasteiger partial charge is 0.259 e. The van der Waals surface area contributed by atoms with Crippen LogP contribution in [0.4, 0.5) is 10.7 Å². The molecule has 4 nitrogen and oxygen atoms in total. The molecule has 1 heterocycles. The quantitative estimate of drug-likeness (QED) is 0.231. The minimum Gasteiger partial charge on any atom is -0.488 e. The van der Waals surface area contributed by atoms with E-state index in [1.165, 1.54) is 4.88 Å². The Morgan fingerprint density at radius 3 is 2.51 bits per heavy atom. The number of anilines is 1. The molecule has 1 N–H and O–H groups in total. The predicted octanol–water partition coefficient (Wildman–Crippen LogP) is 9.13. The van der Waals surface area contributed by atoms with E-state index < -0.39 is 0 Å². The molecule has 1 atom stereocenters. The van der Waals surface area contributed by atoms with E-state index in [4.69, 9.17) is 21.3 Å². The van der Waals surface area contributed by atoms with Crippen molar-refractivity contribution in [1.82, 2.24) is 0 Å². The number of hydrogen-bond acceptors (Lipinski definition) is 4. The molecule has 0 bridgehead atoms. The normalized spacial score (nSPS) is 15.2. The molecule has 0 saturated heterocycles. The van der Waals surface area contributed by atoms with Crippen LogP contribution in [0.25, 0.3) is 0 Å². The SMILES string of the molecule is CC(C)(C)[C@H]1CCc2c(sc(N=Cc3ccccc3OCc3ccc(Cl)cc3)c2C(=O)Nc2ccccc2)C1. The lowest BCUT2D eigenvalue weighted by molar-refractivity contribution is 0.102. The number of halogens is 1. The minimum absolute atomic E-state index is 0.104. The van der Waals surface area contributed by atoms with Gasteiger partial charge in [0.25, 0.3) is 5.91 Å². The molecule has 0 fully saturated rings. The summed E-state index contributed by atoms with van der Waals surface area (Å²) in [7, 11) is 0. The molecule has 3 aromatic carbocycles. The summed E-state index contributed by atoms with van der Waals surface area (Å²) >= 11 is 7.66. The largest absolute Gasteiger partial charge is 0.488 e. The number of carbonyl (C=O) groups excluding carboxylic acids is 1. The summed E-state index contributed by atoms with van der Waals surface area (Å²) in [6.07, 6.45) is 4.76. The molecule has 0 spiro atoms. The first-order chi connectivity index (χ1) is 18.8. The number of rotatable bonds is 7. The molecule has 6 heteroatoms. The van der Waals surface area contributed by atoms with Crippen molar-refractivity contribution in [2.45, 2.75) is 46.6 Å². The van der Waals surface area contributed by atoms with Gasteiger partial charge in [0.2, 0.25) is 0 Å². The zero-order valence-electron chi connectivity index (χ0n) is 22.5. The Hall–Kier alpha value is -3.41. The molecule has 1 amide bonds. The number of amides is 1. The number of nitrogens with one attached hydrogen (secondary N) is 1. The van der Waals surface area contributed by atoms with Crippen LogP contribution in [-0.2, 0) is 19.4 Å². The first-order valence-electron chi connectivity index (χ1n) is 13.3. The van der Waals surface area contributed by atoms with Gasteiger partial charge in [-0.15, -0.1) is 11.3 Å². The standard InChI is InChI=1S/C33H33ClN2O2S/c1-33(2,3)24-15-18-27-29(19-24)39-32(30(27)31(37)36-26-10-5-4-6-11-26)35-20-23-9-7-8-12-28(23)38-21-22-13-16-25(34)17-14-22/h4-14,16-17,20,24H,15,18-19,21H2,1-3H3,(H,36,37)/t24-/m0/s1. The van der Waals surface area contributed by atoms with E-state index in [-0.39, 0.29) is 11.3 Å². The van der Waals surface area contributed by atoms with Crippen molar-refractivity contribution in [1.29, 1.82) is 0 Å². The Morgan fingerprint density at radius 2 is 1.77 bits per heavy atom. The minimum atomic E-state index is -0.104. The van der Waals surface area contributed by atoms with Gasteiger partial charge in [-0.3, -0.25) is 4.79 Å². The summed E-state index contributed by atoms with van der Waals surface area (Å²) in [4.78, 5) is 19.8. The number of carbonyl (C=O) groups is 1. The second kappa shape index (κ2) is 11.8. The lowest BCUT2D eigenvalue weighted by Crippen LogP contribution is -2.27. The van der Waals surface area contributed by atoms with Gasteiger partial charge in [-0.1, -0.05) is 74.8 Å². The number of ether oxygens (including phenoxy) is 1. The number of benzene rings is 3. The molecule has 5 rings (SSSR count). The van der Waals surface area contributed by atoms with Crippen LogP contribution in [0.5, 0.6) is 5.75 Å². The Morgan fingerprint density at radius 1 is 1.05 bits per heavy atom. The summed E-state index contributed by atoms with van der Waals surface area (Å²) in [6, 6.07) is 25.1. The highest BCUT2D eigenvalue weighted by atomic mass is 35.5. The van der Waals surface area contributed by atoms with Gasteiger partial charge in [-0.2, -0.15) is 0 Å². The van der Waals surface area contributed by atoms with Gasteiger partial charge >= 0.3 is 0 Å². The highest BCUT2D eigenvalue weighted by Gasteiger charge is 2.33. The third-order valence-electron chi connectivity index (χ3n) is 7.28. The van der Waals surface area contributed by atoms with Crippen LogP contribution in [0.3, 0.4) is 0 Å². The Balaban J connectivity index is 1.44. The van der Waals surface area contributed by atoms with E-state index in [9.17, 15) is 4.79 Å². The summed E-state index contributed by atoms with van der Waals surface area (Å²) in [5.74, 6) is 1.21. The van der Waals surface area contributed by atoms with Crippen LogP contribution in [0.1, 0.15) is 59.1 Å². The van der Waals surface area contributed by atoms with Gasteiger partial charge in [0.05, 0.1) is 5.56 Å². The third-order valence-corrected chi connectivity index (χ3v) is 8.69. The molecular weight excluding hydrogens is 524 g/mol. The van der Waals surface area contributed by atoms with Gasteiger partial charge in [-0.25, -0.2) is 4.99 Å². The summed E-state index contributed by atoms with van der Waals surface area (Å²) in [6.45, 7) is 7.34. The first kappa shape index (κ1) is 27.2. The van der Waals surface area contributed by atoms with Crippen molar-refractivity contribution >= 4 is 45.7 Å². The van der Waals surface area contributed by atoms with E-state index in [2.05, 4.69) is 26.1 Å². The second-order valence-corrected chi connectivity index (χ2v) is 12.5. The number of thiophene rings is 1. The van der Waals surface area contributed by atoms with Crippen LogP contribution >= 0.6 is 22.9 Å². The van der Waals surface area contributed by atoms with Crippen molar-refractivity contribution in [2.75, 3.05) is 5.32 Å². The molecular formula is C33H33ClN2O2S. The van der Waals surface area contributed by atoms with Crippen molar-refractivity contribution in [3.8, 4) is 5.75 Å². The number of para-hydroxylation sites is 2. The zero-order chi connectivity index (χ0) is 27.4. The van der Waals surface area contributed by atoms with Crippen molar-refractivity contribution < 1.29 is 9.53 Å². The van der Waals surface area contributed by atoms with Gasteiger partial charge in [-0.05, 0) is 78.1 Å². The van der Waals surface area contributed by atoms with E-state index >= 15 is 0 Å². The maximum atomic E-state index is 13.6. The Labute approximate surface area is 239 Å². The summed E-state index contributed by atoms with van der Waals surface area (Å²) in [5, 5.41) is 4.53. The average molecular weight is 557 g/mol. The van der Waals surface area contributed by atoms with Crippen LogP contribution in [0, 0.1) is 11.3 Å².